The van der Waals surface area contributed by atoms with Crippen LogP contribution in [0.25, 0.3) is 11.2 Å². The van der Waals surface area contributed by atoms with E-state index in [0.717, 1.165) is 5.69 Å². The molecule has 0 spiro atoms. The van der Waals surface area contributed by atoms with E-state index in [1.54, 1.807) is 25.5 Å². The summed E-state index contributed by atoms with van der Waals surface area (Å²) in [6, 6.07) is 3.64. The van der Waals surface area contributed by atoms with Gasteiger partial charge in [-0.1, -0.05) is 0 Å². The fourth-order valence-corrected chi connectivity index (χ4v) is 2.45. The smallest absolute Gasteiger partial charge is 0.255 e. The second-order valence-electron chi connectivity index (χ2n) is 5.81. The quantitative estimate of drug-likeness (QED) is 0.531. The van der Waals surface area contributed by atoms with Crippen molar-refractivity contribution in [2.24, 2.45) is 0 Å². The van der Waals surface area contributed by atoms with Crippen LogP contribution >= 0.6 is 0 Å². The highest BCUT2D eigenvalue weighted by atomic mass is 16.1. The number of H-pyrrole nitrogens is 1. The van der Waals surface area contributed by atoms with Crippen LogP contribution in [0.4, 0.5) is 5.69 Å². The van der Waals surface area contributed by atoms with Gasteiger partial charge >= 0.3 is 0 Å². The largest absolute Gasteiger partial charge is 0.386 e. The van der Waals surface area contributed by atoms with E-state index in [-0.39, 0.29) is 17.7 Å². The molecule has 1 amide bonds. The molecule has 0 unspecified atom stereocenters. The number of amides is 1. The molecule has 25 heavy (non-hydrogen) atoms. The highest BCUT2D eigenvalue weighted by Gasteiger charge is 2.18. The second kappa shape index (κ2) is 6.68. The van der Waals surface area contributed by atoms with E-state index in [1.165, 1.54) is 6.20 Å². The minimum atomic E-state index is -0.229. The second-order valence-corrected chi connectivity index (χ2v) is 5.81. The van der Waals surface area contributed by atoms with Crippen molar-refractivity contribution in [2.45, 2.75) is 19.9 Å². The Morgan fingerprint density at radius 2 is 2.12 bits per heavy atom. The van der Waals surface area contributed by atoms with E-state index in [2.05, 4.69) is 30.6 Å². The fourth-order valence-electron chi connectivity index (χ4n) is 2.45. The van der Waals surface area contributed by atoms with E-state index in [0.29, 0.717) is 28.1 Å². The maximum atomic E-state index is 12.3. The van der Waals surface area contributed by atoms with Crippen LogP contribution < -0.4 is 10.6 Å². The Bertz CT molecular complexity index is 945. The summed E-state index contributed by atoms with van der Waals surface area (Å²) in [5.41, 5.74) is 3.02. The first-order valence-corrected chi connectivity index (χ1v) is 7.88. The maximum absolute atomic E-state index is 12.3. The SMILES string of the molecule is CNc1cccnc1C(=N)c1cnc2[nH]cc(C(=O)NC(C)C)c2n1. The van der Waals surface area contributed by atoms with Gasteiger partial charge in [0.05, 0.1) is 17.4 Å². The number of nitrogens with zero attached hydrogens (tertiary/aromatic N) is 3. The Labute approximate surface area is 144 Å². The fraction of sp³-hybridized carbons (Fsp3) is 0.235. The van der Waals surface area contributed by atoms with Crippen LogP contribution in [0.2, 0.25) is 0 Å². The lowest BCUT2D eigenvalue weighted by Crippen LogP contribution is -2.30. The number of carbonyl (C=O) groups excluding carboxylic acids is 1. The first-order chi connectivity index (χ1) is 12.0. The molecule has 0 saturated heterocycles. The molecule has 0 aliphatic carbocycles. The molecule has 8 nitrogen and oxygen atoms in total. The van der Waals surface area contributed by atoms with Crippen molar-refractivity contribution in [3.63, 3.8) is 0 Å². The summed E-state index contributed by atoms with van der Waals surface area (Å²) in [6.45, 7) is 3.78. The van der Waals surface area contributed by atoms with Crippen LogP contribution in [0.5, 0.6) is 0 Å². The highest BCUT2D eigenvalue weighted by molar-refractivity contribution is 6.12. The van der Waals surface area contributed by atoms with Gasteiger partial charge in [-0.05, 0) is 26.0 Å². The van der Waals surface area contributed by atoms with Crippen molar-refractivity contribution < 1.29 is 4.79 Å². The molecule has 0 atom stereocenters. The lowest BCUT2D eigenvalue weighted by Gasteiger charge is -2.09. The molecule has 4 N–H and O–H groups in total. The van der Waals surface area contributed by atoms with E-state index in [9.17, 15) is 4.79 Å². The monoisotopic (exact) mass is 337 g/mol. The van der Waals surface area contributed by atoms with Crippen LogP contribution in [0, 0.1) is 5.41 Å². The predicted octanol–water partition coefficient (Wildman–Crippen LogP) is 1.95. The number of fused-ring (bicyclic) bond motifs is 1. The van der Waals surface area contributed by atoms with Crippen LogP contribution in [0.3, 0.4) is 0 Å². The Morgan fingerprint density at radius 1 is 1.32 bits per heavy atom. The Balaban J connectivity index is 2.03. The molecule has 3 aromatic rings. The van der Waals surface area contributed by atoms with Gasteiger partial charge in [0, 0.05) is 25.5 Å². The zero-order valence-corrected chi connectivity index (χ0v) is 14.2. The first kappa shape index (κ1) is 16.6. The lowest BCUT2D eigenvalue weighted by atomic mass is 10.1. The summed E-state index contributed by atoms with van der Waals surface area (Å²) < 4.78 is 0. The van der Waals surface area contributed by atoms with Crippen molar-refractivity contribution in [2.75, 3.05) is 12.4 Å². The minimum Gasteiger partial charge on any atom is -0.386 e. The molecule has 8 heteroatoms. The average Bonchev–Trinajstić information content (AvgIpc) is 3.03. The van der Waals surface area contributed by atoms with Crippen molar-refractivity contribution in [1.29, 1.82) is 5.41 Å². The van der Waals surface area contributed by atoms with Gasteiger partial charge in [-0.3, -0.25) is 15.2 Å². The normalized spacial score (nSPS) is 10.9. The van der Waals surface area contributed by atoms with Gasteiger partial charge in [0.25, 0.3) is 5.91 Å². The number of anilines is 1. The Hall–Kier alpha value is -3.29. The van der Waals surface area contributed by atoms with Crippen LogP contribution in [0.15, 0.2) is 30.7 Å². The van der Waals surface area contributed by atoms with Gasteiger partial charge in [-0.15, -0.1) is 0 Å². The summed E-state index contributed by atoms with van der Waals surface area (Å²) in [4.78, 5) is 28.2. The third kappa shape index (κ3) is 3.18. The average molecular weight is 337 g/mol. The lowest BCUT2D eigenvalue weighted by molar-refractivity contribution is 0.0944. The Kier molecular flexibility index (Phi) is 4.42. The Morgan fingerprint density at radius 3 is 2.84 bits per heavy atom. The molecule has 0 bridgehead atoms. The van der Waals surface area contributed by atoms with Gasteiger partial charge in [0.2, 0.25) is 0 Å². The number of hydrogen-bond donors (Lipinski definition) is 4. The molecule has 0 aromatic carbocycles. The summed E-state index contributed by atoms with van der Waals surface area (Å²) in [5, 5.41) is 14.3. The molecule has 0 aliphatic heterocycles. The number of rotatable bonds is 5. The van der Waals surface area contributed by atoms with Gasteiger partial charge in [0.1, 0.15) is 22.6 Å². The van der Waals surface area contributed by atoms with E-state index < -0.39 is 0 Å². The standard InChI is InChI=1S/C17H19N7O/c1-9(2)23-17(25)10-7-21-16-14(10)24-12(8-22-16)13(18)15-11(19-3)5-4-6-20-15/h4-9,18-19H,1-3H3,(H,21,22)(H,23,25). The number of hydrogen-bond acceptors (Lipinski definition) is 6. The minimum absolute atomic E-state index is 0.0126. The number of aromatic amines is 1. The third-order valence-corrected chi connectivity index (χ3v) is 3.62. The number of pyridine rings is 1. The summed E-state index contributed by atoms with van der Waals surface area (Å²) in [7, 11) is 1.77. The highest BCUT2D eigenvalue weighted by Crippen LogP contribution is 2.18. The van der Waals surface area contributed by atoms with Crippen molar-refractivity contribution >= 4 is 28.5 Å². The zero-order chi connectivity index (χ0) is 18.0. The predicted molar refractivity (Wildman–Crippen MR) is 96.2 cm³/mol. The zero-order valence-electron chi connectivity index (χ0n) is 14.2. The molecule has 0 fully saturated rings. The number of carbonyl (C=O) groups is 1. The maximum Gasteiger partial charge on any atom is 0.255 e. The summed E-state index contributed by atoms with van der Waals surface area (Å²) in [6.07, 6.45) is 4.70. The molecule has 3 rings (SSSR count). The van der Waals surface area contributed by atoms with Crippen LogP contribution in [0.1, 0.15) is 35.6 Å². The molecule has 3 aromatic heterocycles. The van der Waals surface area contributed by atoms with Gasteiger partial charge in [-0.2, -0.15) is 0 Å². The molecular weight excluding hydrogens is 318 g/mol. The molecule has 3 heterocycles. The molecule has 0 saturated carbocycles. The summed E-state index contributed by atoms with van der Waals surface area (Å²) >= 11 is 0. The topological polar surface area (TPSA) is 119 Å². The first-order valence-electron chi connectivity index (χ1n) is 7.88. The molecule has 128 valence electrons. The van der Waals surface area contributed by atoms with E-state index in [4.69, 9.17) is 5.41 Å². The van der Waals surface area contributed by atoms with E-state index >= 15 is 0 Å². The van der Waals surface area contributed by atoms with Crippen LogP contribution in [-0.2, 0) is 0 Å². The van der Waals surface area contributed by atoms with Crippen LogP contribution in [-0.4, -0.2) is 44.6 Å². The molecular formula is C17H19N7O. The van der Waals surface area contributed by atoms with Crippen molar-refractivity contribution in [3.8, 4) is 0 Å². The van der Waals surface area contributed by atoms with Crippen molar-refractivity contribution in [1.82, 2.24) is 25.3 Å². The number of aromatic nitrogens is 4. The molecule has 0 aliphatic rings. The summed E-state index contributed by atoms with van der Waals surface area (Å²) in [5.74, 6) is -0.229. The van der Waals surface area contributed by atoms with Crippen molar-refractivity contribution in [3.05, 3.63) is 47.7 Å². The van der Waals surface area contributed by atoms with Gasteiger partial charge in [0.15, 0.2) is 5.65 Å². The van der Waals surface area contributed by atoms with Gasteiger partial charge in [-0.25, -0.2) is 9.97 Å². The molecule has 0 radical (unpaired) electrons. The number of nitrogens with one attached hydrogen (secondary N) is 4. The van der Waals surface area contributed by atoms with Gasteiger partial charge < -0.3 is 15.6 Å². The third-order valence-electron chi connectivity index (χ3n) is 3.62. The van der Waals surface area contributed by atoms with E-state index in [1.807, 2.05) is 19.9 Å².